The zero-order valence-corrected chi connectivity index (χ0v) is 6.01. The van der Waals surface area contributed by atoms with Crippen molar-refractivity contribution in [1.29, 1.82) is 0 Å². The highest BCUT2D eigenvalue weighted by molar-refractivity contribution is 8.27. The lowest BCUT2D eigenvalue weighted by molar-refractivity contribution is 0.489. The van der Waals surface area contributed by atoms with E-state index in [-0.39, 0.29) is 9.74 Å². The molecule has 0 saturated carbocycles. The van der Waals surface area contributed by atoms with Crippen molar-refractivity contribution in [3.05, 3.63) is 11.5 Å². The van der Waals surface area contributed by atoms with Crippen molar-refractivity contribution in [3.63, 3.8) is 0 Å². The zero-order valence-electron chi connectivity index (χ0n) is 4.38. The Labute approximate surface area is 51.2 Å². The molecular formula is C4H8OS2. The highest BCUT2D eigenvalue weighted by Gasteiger charge is 1.74. The van der Waals surface area contributed by atoms with Gasteiger partial charge in [-0.25, -0.2) is 0 Å². The van der Waals surface area contributed by atoms with Crippen LogP contribution >= 0.6 is 0 Å². The molecule has 0 rings (SSSR count). The van der Waals surface area contributed by atoms with Crippen LogP contribution in [-0.2, 0) is 25.1 Å². The predicted octanol–water partition coefficient (Wildman–Crippen LogP) is 1.16. The second-order valence-corrected chi connectivity index (χ2v) is 3.01. The summed E-state index contributed by atoms with van der Waals surface area (Å²) in [4.78, 5) is 0. The third-order valence-corrected chi connectivity index (χ3v) is 1.98. The summed E-state index contributed by atoms with van der Waals surface area (Å²) in [5.74, 6) is 0. The number of rotatable bonds is 2. The fourth-order valence-electron chi connectivity index (χ4n) is 0.167. The molecule has 0 amide bonds. The van der Waals surface area contributed by atoms with Crippen LogP contribution in [0.4, 0.5) is 0 Å². The monoisotopic (exact) mass is 136 g/mol. The van der Waals surface area contributed by atoms with E-state index >= 15 is 0 Å². The fourth-order valence-corrected chi connectivity index (χ4v) is 0.833. The molecule has 42 valence electrons. The van der Waals surface area contributed by atoms with E-state index in [1.54, 1.807) is 7.11 Å². The normalized spacial score (nSPS) is 15.1. The summed E-state index contributed by atoms with van der Waals surface area (Å²) in [6.45, 7) is 1.92. The van der Waals surface area contributed by atoms with Crippen molar-refractivity contribution in [2.75, 3.05) is 7.11 Å². The van der Waals surface area contributed by atoms with E-state index in [9.17, 15) is 0 Å². The Morgan fingerprint density at radius 1 is 1.71 bits per heavy atom. The molecule has 7 heavy (non-hydrogen) atoms. The van der Waals surface area contributed by atoms with Crippen LogP contribution in [-0.4, -0.2) is 7.11 Å². The average Bonchev–Trinajstić information content (AvgIpc) is 1.68. The quantitative estimate of drug-likeness (QED) is 0.563. The molecule has 0 aromatic heterocycles. The van der Waals surface area contributed by atoms with Gasteiger partial charge in [-0.05, 0) is 23.5 Å². The zero-order chi connectivity index (χ0) is 5.70. The minimum atomic E-state index is -0.374. The maximum Gasteiger partial charge on any atom is 0.0510 e. The van der Waals surface area contributed by atoms with Crippen LogP contribution in [0.2, 0.25) is 0 Å². The van der Waals surface area contributed by atoms with Gasteiger partial charge in [-0.3, -0.25) is 0 Å². The second-order valence-electron chi connectivity index (χ2n) is 0.897. The highest BCUT2D eigenvalue weighted by Crippen LogP contribution is 1.82. The summed E-state index contributed by atoms with van der Waals surface area (Å²) >= 11 is 4.76. The summed E-state index contributed by atoms with van der Waals surface area (Å²) in [5, 5.41) is 1.84. The van der Waals surface area contributed by atoms with Crippen LogP contribution in [0.5, 0.6) is 0 Å². The van der Waals surface area contributed by atoms with Gasteiger partial charge >= 0.3 is 0 Å². The smallest absolute Gasteiger partial charge is 0.0510 e. The number of hydrogen-bond acceptors (Lipinski definition) is 2. The Morgan fingerprint density at radius 3 is 2.43 bits per heavy atom. The molecule has 0 bridgehead atoms. The molecule has 0 aromatic carbocycles. The summed E-state index contributed by atoms with van der Waals surface area (Å²) in [6, 6.07) is 0. The number of allylic oxidation sites excluding steroid dienone is 1. The largest absolute Gasteiger partial charge is 0.312 e. The SMILES string of the molecule is CC=CS(=S)OC. The summed E-state index contributed by atoms with van der Waals surface area (Å²) in [6.07, 6.45) is 1.89. The first-order valence-electron chi connectivity index (χ1n) is 1.89. The molecule has 0 radical (unpaired) electrons. The topological polar surface area (TPSA) is 9.23 Å². The lowest BCUT2D eigenvalue weighted by atomic mass is 10.8. The van der Waals surface area contributed by atoms with Crippen LogP contribution in [0.15, 0.2) is 11.5 Å². The average molecular weight is 136 g/mol. The molecule has 0 spiro atoms. The molecule has 3 heteroatoms. The lowest BCUT2D eigenvalue weighted by Gasteiger charge is -1.87. The van der Waals surface area contributed by atoms with Gasteiger partial charge in [0.05, 0.1) is 7.11 Å². The summed E-state index contributed by atoms with van der Waals surface area (Å²) in [7, 11) is 1.23. The third-order valence-electron chi connectivity index (χ3n) is 0.411. The van der Waals surface area contributed by atoms with Gasteiger partial charge in [0.2, 0.25) is 0 Å². The molecule has 0 aliphatic rings. The van der Waals surface area contributed by atoms with Crippen molar-refractivity contribution in [3.8, 4) is 0 Å². The molecular weight excluding hydrogens is 128 g/mol. The minimum Gasteiger partial charge on any atom is -0.312 e. The Morgan fingerprint density at radius 2 is 2.29 bits per heavy atom. The highest BCUT2D eigenvalue weighted by atomic mass is 32.8. The second kappa shape index (κ2) is 4.43. The molecule has 0 aliphatic carbocycles. The van der Waals surface area contributed by atoms with Crippen molar-refractivity contribution in [2.24, 2.45) is 0 Å². The van der Waals surface area contributed by atoms with Gasteiger partial charge in [0, 0.05) is 9.74 Å². The Bertz CT molecular complexity index is 87.7. The predicted molar refractivity (Wildman–Crippen MR) is 36.6 cm³/mol. The molecule has 0 aromatic rings. The maximum atomic E-state index is 4.76. The van der Waals surface area contributed by atoms with E-state index < -0.39 is 0 Å². The van der Waals surface area contributed by atoms with Crippen molar-refractivity contribution < 1.29 is 4.18 Å². The Balaban J connectivity index is 3.37. The van der Waals surface area contributed by atoms with Gasteiger partial charge in [-0.2, -0.15) is 0 Å². The van der Waals surface area contributed by atoms with E-state index in [2.05, 4.69) is 0 Å². The van der Waals surface area contributed by atoms with Gasteiger partial charge in [0.25, 0.3) is 0 Å². The first-order chi connectivity index (χ1) is 3.31. The maximum absolute atomic E-state index is 4.76. The van der Waals surface area contributed by atoms with E-state index in [1.807, 2.05) is 18.4 Å². The number of hydrogen-bond donors (Lipinski definition) is 0. The molecule has 0 fully saturated rings. The van der Waals surface area contributed by atoms with E-state index in [0.29, 0.717) is 0 Å². The summed E-state index contributed by atoms with van der Waals surface area (Å²) < 4.78 is 4.75. The van der Waals surface area contributed by atoms with Crippen LogP contribution in [0.1, 0.15) is 6.92 Å². The van der Waals surface area contributed by atoms with Gasteiger partial charge in [-0.1, -0.05) is 6.08 Å². The lowest BCUT2D eigenvalue weighted by Crippen LogP contribution is -1.80. The van der Waals surface area contributed by atoms with Crippen molar-refractivity contribution >= 4 is 20.9 Å². The van der Waals surface area contributed by atoms with Gasteiger partial charge < -0.3 is 4.18 Å². The minimum absolute atomic E-state index is 0.374. The van der Waals surface area contributed by atoms with Crippen LogP contribution in [0.3, 0.4) is 0 Å². The van der Waals surface area contributed by atoms with E-state index in [0.717, 1.165) is 0 Å². The van der Waals surface area contributed by atoms with Gasteiger partial charge in [0.1, 0.15) is 0 Å². The summed E-state index contributed by atoms with van der Waals surface area (Å²) in [5.41, 5.74) is 0. The molecule has 0 heterocycles. The molecule has 1 atom stereocenters. The molecule has 1 nitrogen and oxygen atoms in total. The Hall–Kier alpha value is 0.270. The Kier molecular flexibility index (Phi) is 4.60. The molecule has 1 unspecified atom stereocenters. The van der Waals surface area contributed by atoms with Crippen LogP contribution in [0, 0.1) is 0 Å². The van der Waals surface area contributed by atoms with Crippen LogP contribution < -0.4 is 0 Å². The molecule has 0 N–H and O–H groups in total. The molecule has 0 aliphatic heterocycles. The first kappa shape index (κ1) is 7.27. The van der Waals surface area contributed by atoms with Gasteiger partial charge in [-0.15, -0.1) is 0 Å². The van der Waals surface area contributed by atoms with Crippen molar-refractivity contribution in [2.45, 2.75) is 6.92 Å². The van der Waals surface area contributed by atoms with E-state index in [4.69, 9.17) is 15.4 Å². The van der Waals surface area contributed by atoms with Crippen molar-refractivity contribution in [1.82, 2.24) is 0 Å². The third kappa shape index (κ3) is 4.12. The van der Waals surface area contributed by atoms with E-state index in [1.165, 1.54) is 0 Å². The molecule has 0 saturated heterocycles. The first-order valence-corrected chi connectivity index (χ1v) is 4.03. The van der Waals surface area contributed by atoms with Gasteiger partial charge in [0.15, 0.2) is 0 Å². The standard InChI is InChI=1S/C4H8OS2/c1-3-4-7(6)5-2/h3-4H,1-2H3. The fraction of sp³-hybridized carbons (Fsp3) is 0.500. The van der Waals surface area contributed by atoms with Crippen LogP contribution in [0.25, 0.3) is 0 Å².